The second-order valence-electron chi connectivity index (χ2n) is 6.66. The number of amides is 2. The molecule has 3 rings (SSSR count). The minimum Gasteiger partial charge on any atom is -0.338 e. The molecule has 0 spiro atoms. The van der Waals surface area contributed by atoms with Gasteiger partial charge < -0.3 is 9.80 Å². The quantitative estimate of drug-likeness (QED) is 0.864. The zero-order valence-electron chi connectivity index (χ0n) is 14.7. The van der Waals surface area contributed by atoms with E-state index >= 15 is 0 Å². The van der Waals surface area contributed by atoms with Gasteiger partial charge in [-0.15, -0.1) is 0 Å². The van der Waals surface area contributed by atoms with Gasteiger partial charge in [-0.25, -0.2) is 0 Å². The summed E-state index contributed by atoms with van der Waals surface area (Å²) in [7, 11) is 1.72. The lowest BCUT2D eigenvalue weighted by molar-refractivity contribution is 0.0682. The number of likely N-dealkylation sites (tertiary alicyclic amines) is 1. The number of carbonyl (C=O) groups is 2. The fraction of sp³-hybridized carbons (Fsp3) is 0.350. The van der Waals surface area contributed by atoms with Crippen LogP contribution in [0.3, 0.4) is 0 Å². The van der Waals surface area contributed by atoms with Gasteiger partial charge in [-0.1, -0.05) is 25.1 Å². The molecule has 1 aliphatic rings. The van der Waals surface area contributed by atoms with Crippen molar-refractivity contribution in [3.05, 3.63) is 59.9 Å². The minimum absolute atomic E-state index is 0.0453. The summed E-state index contributed by atoms with van der Waals surface area (Å²) in [6.45, 7) is 3.69. The molecule has 5 heteroatoms. The Balaban J connectivity index is 1.79. The third-order valence-corrected chi connectivity index (χ3v) is 4.62. The first-order valence-corrected chi connectivity index (χ1v) is 8.63. The van der Waals surface area contributed by atoms with Crippen LogP contribution in [0.4, 0.5) is 5.69 Å². The van der Waals surface area contributed by atoms with Crippen LogP contribution in [0.2, 0.25) is 0 Å². The molecule has 1 aromatic heterocycles. The third-order valence-electron chi connectivity index (χ3n) is 4.62. The van der Waals surface area contributed by atoms with Crippen LogP contribution in [0.15, 0.2) is 48.8 Å². The number of aromatic nitrogens is 1. The third kappa shape index (κ3) is 3.87. The standard InChI is InChI=1S/C20H23N3O2/c1-15-7-6-10-23(14-15)20(25)17-11-16(12-21-13-17)19(24)22(2)18-8-4-3-5-9-18/h3-5,8-9,11-13,15H,6-7,10,14H2,1-2H3. The molecule has 2 aromatic rings. The second-order valence-corrected chi connectivity index (χ2v) is 6.66. The molecule has 1 unspecified atom stereocenters. The number of pyridine rings is 1. The van der Waals surface area contributed by atoms with Crippen LogP contribution in [-0.4, -0.2) is 41.8 Å². The fourth-order valence-electron chi connectivity index (χ4n) is 3.19. The number of hydrogen-bond acceptors (Lipinski definition) is 3. The van der Waals surface area contributed by atoms with Gasteiger partial charge >= 0.3 is 0 Å². The summed E-state index contributed by atoms with van der Waals surface area (Å²) in [5.74, 6) is 0.288. The Morgan fingerprint density at radius 1 is 1.16 bits per heavy atom. The Morgan fingerprint density at radius 2 is 1.88 bits per heavy atom. The molecule has 25 heavy (non-hydrogen) atoms. The highest BCUT2D eigenvalue weighted by Crippen LogP contribution is 2.19. The monoisotopic (exact) mass is 337 g/mol. The van der Waals surface area contributed by atoms with Gasteiger partial charge in [-0.05, 0) is 37.0 Å². The first-order valence-electron chi connectivity index (χ1n) is 8.63. The lowest BCUT2D eigenvalue weighted by atomic mass is 9.99. The van der Waals surface area contributed by atoms with Crippen molar-refractivity contribution in [2.75, 3.05) is 25.0 Å². The summed E-state index contributed by atoms with van der Waals surface area (Å²) in [5, 5.41) is 0. The molecule has 5 nitrogen and oxygen atoms in total. The number of anilines is 1. The fourth-order valence-corrected chi connectivity index (χ4v) is 3.19. The molecule has 0 saturated carbocycles. The molecule has 1 saturated heterocycles. The molecule has 2 amide bonds. The number of piperidine rings is 1. The molecule has 0 bridgehead atoms. The highest BCUT2D eigenvalue weighted by molar-refractivity contribution is 6.07. The number of rotatable bonds is 3. The number of carbonyl (C=O) groups excluding carboxylic acids is 2. The van der Waals surface area contributed by atoms with E-state index in [0.29, 0.717) is 17.0 Å². The molecule has 0 radical (unpaired) electrons. The van der Waals surface area contributed by atoms with Gasteiger partial charge in [0, 0.05) is 38.2 Å². The second kappa shape index (κ2) is 7.47. The largest absolute Gasteiger partial charge is 0.338 e. The lowest BCUT2D eigenvalue weighted by Crippen LogP contribution is -2.39. The summed E-state index contributed by atoms with van der Waals surface area (Å²) < 4.78 is 0. The van der Waals surface area contributed by atoms with Crippen molar-refractivity contribution >= 4 is 17.5 Å². The topological polar surface area (TPSA) is 53.5 Å². The van der Waals surface area contributed by atoms with E-state index in [1.165, 1.54) is 6.20 Å². The van der Waals surface area contributed by atoms with Crippen LogP contribution in [0.5, 0.6) is 0 Å². The Kier molecular flexibility index (Phi) is 5.12. The van der Waals surface area contributed by atoms with E-state index in [2.05, 4.69) is 11.9 Å². The lowest BCUT2D eigenvalue weighted by Gasteiger charge is -2.31. The molecule has 1 aromatic carbocycles. The highest BCUT2D eigenvalue weighted by atomic mass is 16.2. The zero-order chi connectivity index (χ0) is 17.8. The van der Waals surface area contributed by atoms with Crippen molar-refractivity contribution in [1.82, 2.24) is 9.88 Å². The van der Waals surface area contributed by atoms with Crippen LogP contribution in [0, 0.1) is 5.92 Å². The van der Waals surface area contributed by atoms with Crippen molar-refractivity contribution in [2.45, 2.75) is 19.8 Å². The van der Waals surface area contributed by atoms with Gasteiger partial charge in [0.15, 0.2) is 0 Å². The van der Waals surface area contributed by atoms with E-state index in [1.54, 1.807) is 24.2 Å². The summed E-state index contributed by atoms with van der Waals surface area (Å²) in [6.07, 6.45) is 5.23. The van der Waals surface area contributed by atoms with Gasteiger partial charge in [-0.3, -0.25) is 14.6 Å². The van der Waals surface area contributed by atoms with E-state index in [4.69, 9.17) is 0 Å². The van der Waals surface area contributed by atoms with E-state index in [0.717, 1.165) is 31.6 Å². The van der Waals surface area contributed by atoms with E-state index in [9.17, 15) is 9.59 Å². The maximum atomic E-state index is 12.7. The van der Waals surface area contributed by atoms with Crippen LogP contribution in [0.25, 0.3) is 0 Å². The number of benzene rings is 1. The molecule has 1 fully saturated rings. The first kappa shape index (κ1) is 17.1. The molecule has 1 atom stereocenters. The van der Waals surface area contributed by atoms with Gasteiger partial charge in [0.25, 0.3) is 11.8 Å². The smallest absolute Gasteiger partial charge is 0.259 e. The molecule has 0 aliphatic carbocycles. The van der Waals surface area contributed by atoms with Crippen LogP contribution in [0.1, 0.15) is 40.5 Å². The number of para-hydroxylation sites is 1. The van der Waals surface area contributed by atoms with Crippen molar-refractivity contribution in [3.8, 4) is 0 Å². The van der Waals surface area contributed by atoms with Crippen molar-refractivity contribution in [3.63, 3.8) is 0 Å². The Bertz CT molecular complexity index is 761. The normalized spacial score (nSPS) is 17.2. The molecule has 1 aliphatic heterocycles. The molecular weight excluding hydrogens is 314 g/mol. The SMILES string of the molecule is CC1CCCN(C(=O)c2cncc(C(=O)N(C)c3ccccc3)c2)C1. The number of hydrogen-bond donors (Lipinski definition) is 0. The molecule has 2 heterocycles. The average molecular weight is 337 g/mol. The molecular formula is C20H23N3O2. The van der Waals surface area contributed by atoms with Gasteiger partial charge in [-0.2, -0.15) is 0 Å². The molecule has 130 valence electrons. The predicted octanol–water partition coefficient (Wildman–Crippen LogP) is 3.23. The maximum Gasteiger partial charge on any atom is 0.259 e. The van der Waals surface area contributed by atoms with Gasteiger partial charge in [0.2, 0.25) is 0 Å². The summed E-state index contributed by atoms with van der Waals surface area (Å²) in [4.78, 5) is 33.0. The zero-order valence-corrected chi connectivity index (χ0v) is 14.7. The average Bonchev–Trinajstić information content (AvgIpc) is 2.67. The van der Waals surface area contributed by atoms with Crippen molar-refractivity contribution in [1.29, 1.82) is 0 Å². The van der Waals surface area contributed by atoms with Crippen LogP contribution in [-0.2, 0) is 0 Å². The van der Waals surface area contributed by atoms with Crippen LogP contribution >= 0.6 is 0 Å². The first-order chi connectivity index (χ1) is 12.1. The Hall–Kier alpha value is -2.69. The van der Waals surface area contributed by atoms with E-state index in [-0.39, 0.29) is 11.8 Å². The highest BCUT2D eigenvalue weighted by Gasteiger charge is 2.23. The van der Waals surface area contributed by atoms with E-state index < -0.39 is 0 Å². The van der Waals surface area contributed by atoms with Crippen molar-refractivity contribution < 1.29 is 9.59 Å². The van der Waals surface area contributed by atoms with Gasteiger partial charge in [0.1, 0.15) is 0 Å². The maximum absolute atomic E-state index is 12.7. The van der Waals surface area contributed by atoms with Gasteiger partial charge in [0.05, 0.1) is 11.1 Å². The summed E-state index contributed by atoms with van der Waals surface area (Å²) in [6, 6.07) is 11.1. The Labute approximate surface area is 148 Å². The van der Waals surface area contributed by atoms with Crippen molar-refractivity contribution in [2.24, 2.45) is 5.92 Å². The number of nitrogens with zero attached hydrogens (tertiary/aromatic N) is 3. The summed E-state index contributed by atoms with van der Waals surface area (Å²) >= 11 is 0. The predicted molar refractivity (Wildman–Crippen MR) is 97.7 cm³/mol. The summed E-state index contributed by atoms with van der Waals surface area (Å²) in [5.41, 5.74) is 1.69. The Morgan fingerprint density at radius 3 is 2.60 bits per heavy atom. The minimum atomic E-state index is -0.180. The molecule has 0 N–H and O–H groups in total. The van der Waals surface area contributed by atoms with E-state index in [1.807, 2.05) is 35.2 Å². The van der Waals surface area contributed by atoms with Crippen LogP contribution < -0.4 is 4.90 Å².